The fraction of sp³-hybridized carbons (Fsp3) is 0.536. The van der Waals surface area contributed by atoms with Crippen LogP contribution in [0.15, 0.2) is 30.3 Å². The van der Waals surface area contributed by atoms with E-state index in [1.165, 1.54) is 17.0 Å². The Balaban J connectivity index is 1.37. The van der Waals surface area contributed by atoms with E-state index in [1.807, 2.05) is 0 Å². The van der Waals surface area contributed by atoms with E-state index >= 15 is 0 Å². The number of halogens is 3. The fourth-order valence-corrected chi connectivity index (χ4v) is 6.01. The van der Waals surface area contributed by atoms with Gasteiger partial charge in [-0.15, -0.1) is 11.3 Å². The molecule has 2 aliphatic carbocycles. The molecule has 41 heavy (non-hydrogen) atoms. The third kappa shape index (κ3) is 7.94. The summed E-state index contributed by atoms with van der Waals surface area (Å²) in [6.45, 7) is -1.19. The molecule has 1 atom stereocenters. The molecule has 2 N–H and O–H groups in total. The topological polar surface area (TPSA) is 100 Å². The number of ether oxygens (including phenoxy) is 2. The van der Waals surface area contributed by atoms with Crippen molar-refractivity contribution in [3.8, 4) is 5.75 Å². The number of carbonyl (C=O) groups is 3. The maximum absolute atomic E-state index is 13.8. The van der Waals surface area contributed by atoms with Crippen LogP contribution in [0, 0.1) is 11.8 Å². The third-order valence-corrected chi connectivity index (χ3v) is 8.87. The number of thiophene rings is 1. The summed E-state index contributed by atoms with van der Waals surface area (Å²) in [6.07, 6.45) is 5.50. The van der Waals surface area contributed by atoms with Gasteiger partial charge in [-0.3, -0.25) is 19.3 Å². The summed E-state index contributed by atoms with van der Waals surface area (Å²) in [5.41, 5.74) is 0.418. The molecule has 1 aromatic heterocycles. The number of hydrogen-bond donors (Lipinski definition) is 2. The molecule has 0 radical (unpaired) electrons. The van der Waals surface area contributed by atoms with Gasteiger partial charge in [0.15, 0.2) is 5.75 Å². The van der Waals surface area contributed by atoms with E-state index in [-0.39, 0.29) is 42.9 Å². The van der Waals surface area contributed by atoms with Crippen LogP contribution in [0.3, 0.4) is 0 Å². The lowest BCUT2D eigenvalue weighted by Crippen LogP contribution is -2.53. The first-order chi connectivity index (χ1) is 19.8. The Morgan fingerprint density at radius 2 is 1.90 bits per heavy atom. The fourth-order valence-electron chi connectivity index (χ4n) is 5.05. The zero-order valence-corrected chi connectivity index (χ0v) is 24.0. The van der Waals surface area contributed by atoms with E-state index in [2.05, 4.69) is 15.5 Å². The van der Waals surface area contributed by atoms with Gasteiger partial charge in [0.05, 0.1) is 21.5 Å². The molecule has 1 saturated heterocycles. The zero-order valence-electron chi connectivity index (χ0n) is 22.5. The van der Waals surface area contributed by atoms with Crippen molar-refractivity contribution in [3.63, 3.8) is 0 Å². The summed E-state index contributed by atoms with van der Waals surface area (Å²) in [6, 6.07) is 6.87. The molecular weight excluding hydrogens is 578 g/mol. The van der Waals surface area contributed by atoms with Crippen LogP contribution in [-0.2, 0) is 14.3 Å². The highest BCUT2D eigenvalue weighted by molar-refractivity contribution is 7.18. The molecule has 5 rings (SSSR count). The van der Waals surface area contributed by atoms with Crippen molar-refractivity contribution >= 4 is 52.0 Å². The first-order valence-electron chi connectivity index (χ1n) is 13.8. The van der Waals surface area contributed by atoms with E-state index in [0.717, 1.165) is 43.4 Å². The second-order valence-corrected chi connectivity index (χ2v) is 12.4. The predicted octanol–water partition coefficient (Wildman–Crippen LogP) is 4.62. The highest BCUT2D eigenvalue weighted by Gasteiger charge is 2.35. The smallest absolute Gasteiger partial charge is 0.387 e. The van der Waals surface area contributed by atoms with Crippen molar-refractivity contribution in [2.45, 2.75) is 44.8 Å². The minimum absolute atomic E-state index is 0.0328. The predicted molar refractivity (Wildman–Crippen MR) is 152 cm³/mol. The second kappa shape index (κ2) is 13.5. The van der Waals surface area contributed by atoms with E-state index in [0.29, 0.717) is 46.4 Å². The van der Waals surface area contributed by atoms with Gasteiger partial charge < -0.3 is 25.0 Å². The normalized spacial score (nSPS) is 18.4. The maximum atomic E-state index is 13.8. The molecule has 0 bridgehead atoms. The molecule has 9 nitrogen and oxygen atoms in total. The van der Waals surface area contributed by atoms with Gasteiger partial charge in [-0.25, -0.2) is 0 Å². The summed E-state index contributed by atoms with van der Waals surface area (Å²) in [5, 5.41) is 5.64. The van der Waals surface area contributed by atoms with Crippen LogP contribution in [0.1, 0.15) is 41.8 Å². The molecule has 2 aromatic rings. The van der Waals surface area contributed by atoms with Crippen molar-refractivity contribution < 1.29 is 32.6 Å². The lowest BCUT2D eigenvalue weighted by Gasteiger charge is -2.37. The molecule has 3 fully saturated rings. The van der Waals surface area contributed by atoms with Crippen LogP contribution in [0.4, 0.5) is 20.2 Å². The Kier molecular flexibility index (Phi) is 9.74. The minimum atomic E-state index is -3.14. The van der Waals surface area contributed by atoms with Crippen LogP contribution in [0.5, 0.6) is 5.75 Å². The Bertz CT molecular complexity index is 1260. The molecule has 222 valence electrons. The number of nitrogens with one attached hydrogen (secondary N) is 2. The number of alkyl halides is 2. The average molecular weight is 611 g/mol. The van der Waals surface area contributed by atoms with Crippen molar-refractivity contribution in [2.75, 3.05) is 49.6 Å². The van der Waals surface area contributed by atoms with Gasteiger partial charge in [-0.2, -0.15) is 8.78 Å². The Labute approximate surface area is 246 Å². The summed E-state index contributed by atoms with van der Waals surface area (Å²) >= 11 is 7.14. The second-order valence-electron chi connectivity index (χ2n) is 10.7. The lowest BCUT2D eigenvalue weighted by molar-refractivity contribution is -0.125. The third-order valence-electron chi connectivity index (χ3n) is 7.64. The van der Waals surface area contributed by atoms with Crippen molar-refractivity contribution in [3.05, 3.63) is 39.5 Å². The molecule has 0 unspecified atom stereocenters. The van der Waals surface area contributed by atoms with Crippen molar-refractivity contribution in [2.24, 2.45) is 11.8 Å². The number of carbonyl (C=O) groups excluding carboxylic acids is 3. The quantitative estimate of drug-likeness (QED) is 0.344. The average Bonchev–Trinajstić information content (AvgIpc) is 3.63. The van der Waals surface area contributed by atoms with Crippen LogP contribution < -0.4 is 20.3 Å². The van der Waals surface area contributed by atoms with E-state index < -0.39 is 18.6 Å². The van der Waals surface area contributed by atoms with Gasteiger partial charge in [0.1, 0.15) is 12.6 Å². The first kappa shape index (κ1) is 29.7. The highest BCUT2D eigenvalue weighted by atomic mass is 35.5. The summed E-state index contributed by atoms with van der Waals surface area (Å²) in [4.78, 5) is 42.9. The molecule has 2 heterocycles. The largest absolute Gasteiger partial charge is 0.433 e. The van der Waals surface area contributed by atoms with Gasteiger partial charge in [0, 0.05) is 37.9 Å². The monoisotopic (exact) mass is 610 g/mol. The number of nitrogens with zero attached hydrogens (tertiary/aromatic N) is 2. The molecule has 13 heteroatoms. The molecule has 3 amide bonds. The Hall–Kier alpha value is -2.80. The van der Waals surface area contributed by atoms with Crippen molar-refractivity contribution in [1.82, 2.24) is 10.2 Å². The van der Waals surface area contributed by atoms with Gasteiger partial charge in [0.25, 0.3) is 11.8 Å². The van der Waals surface area contributed by atoms with Gasteiger partial charge in [0.2, 0.25) is 5.91 Å². The Morgan fingerprint density at radius 3 is 2.51 bits per heavy atom. The van der Waals surface area contributed by atoms with E-state index in [1.54, 1.807) is 18.2 Å². The zero-order chi connectivity index (χ0) is 28.9. The SMILES string of the molecule is O=C(NC[C@H](C(=O)Nc1ccc(N2CCOCC2=O)cc1OC(F)F)N(CC1CCC1)CC1CC1)c1ccc(Cl)s1. The standard InChI is InChI=1S/C28H33ClF2N4O5S/c29-24-9-8-23(41-24)27(38)32-13-21(34(15-18-4-5-18)14-17-2-1-3-17)26(37)33-20-7-6-19(12-22(20)40-28(30)31)35-10-11-39-16-25(35)36/h6-9,12,17-18,21,28H,1-5,10-11,13-16H2,(H,32,38)(H,33,37)/t21-/m1/s1. The van der Waals surface area contributed by atoms with Gasteiger partial charge >= 0.3 is 6.61 Å². The number of hydrogen-bond acceptors (Lipinski definition) is 7. The van der Waals surface area contributed by atoms with Gasteiger partial charge in [-0.05, 0) is 61.8 Å². The Morgan fingerprint density at radius 1 is 1.15 bits per heavy atom. The first-order valence-corrected chi connectivity index (χ1v) is 15.0. The summed E-state index contributed by atoms with van der Waals surface area (Å²) in [5.74, 6) is -0.376. The number of amides is 3. The van der Waals surface area contributed by atoms with Crippen LogP contribution in [-0.4, -0.2) is 74.7 Å². The van der Waals surface area contributed by atoms with Crippen LogP contribution in [0.2, 0.25) is 4.34 Å². The number of benzene rings is 1. The summed E-state index contributed by atoms with van der Waals surface area (Å²) in [7, 11) is 0. The molecular formula is C28H33ClF2N4O5S. The van der Waals surface area contributed by atoms with Crippen LogP contribution in [0.25, 0.3) is 0 Å². The number of rotatable bonds is 13. The van der Waals surface area contributed by atoms with E-state index in [4.69, 9.17) is 21.1 Å². The molecule has 0 spiro atoms. The lowest BCUT2D eigenvalue weighted by atomic mass is 9.84. The highest BCUT2D eigenvalue weighted by Crippen LogP contribution is 2.35. The van der Waals surface area contributed by atoms with Crippen LogP contribution >= 0.6 is 22.9 Å². The van der Waals surface area contributed by atoms with Gasteiger partial charge in [-0.1, -0.05) is 18.0 Å². The number of morpholine rings is 1. The molecule has 1 aliphatic heterocycles. The minimum Gasteiger partial charge on any atom is -0.433 e. The molecule has 1 aromatic carbocycles. The van der Waals surface area contributed by atoms with Crippen molar-refractivity contribution in [1.29, 1.82) is 0 Å². The summed E-state index contributed by atoms with van der Waals surface area (Å²) < 4.78 is 37.2. The number of anilines is 2. The maximum Gasteiger partial charge on any atom is 0.387 e. The molecule has 2 saturated carbocycles. The molecule has 3 aliphatic rings. The van der Waals surface area contributed by atoms with E-state index in [9.17, 15) is 23.2 Å².